The Morgan fingerprint density at radius 2 is 1.96 bits per heavy atom. The van der Waals surface area contributed by atoms with Crippen LogP contribution in [0.25, 0.3) is 11.0 Å². The van der Waals surface area contributed by atoms with E-state index in [-0.39, 0.29) is 5.91 Å². The second kappa shape index (κ2) is 7.72. The van der Waals surface area contributed by atoms with Gasteiger partial charge in [-0.25, -0.2) is 10.2 Å². The molecule has 0 fully saturated rings. The minimum Gasteiger partial charge on any atom is -0.481 e. The average molecular weight is 381 g/mol. The molecule has 146 valence electrons. The number of carbonyl (C=O) groups excluding carboxylic acids is 1. The lowest BCUT2D eigenvalue weighted by Crippen LogP contribution is -2.34. The van der Waals surface area contributed by atoms with Gasteiger partial charge in [0, 0.05) is 35.0 Å². The van der Waals surface area contributed by atoms with E-state index in [0.717, 1.165) is 27.8 Å². The smallest absolute Gasteiger partial charge is 0.336 e. The van der Waals surface area contributed by atoms with E-state index in [4.69, 9.17) is 9.15 Å². The Morgan fingerprint density at radius 1 is 1.21 bits per heavy atom. The third-order valence-corrected chi connectivity index (χ3v) is 4.58. The fourth-order valence-corrected chi connectivity index (χ4v) is 3.14. The van der Waals surface area contributed by atoms with Gasteiger partial charge < -0.3 is 14.1 Å². The van der Waals surface area contributed by atoms with Crippen LogP contribution in [0.1, 0.15) is 36.2 Å². The van der Waals surface area contributed by atoms with Crippen LogP contribution in [0.4, 0.5) is 0 Å². The third-order valence-electron chi connectivity index (χ3n) is 4.58. The number of nitrogens with zero attached hydrogens (tertiary/aromatic N) is 1. The first-order valence-corrected chi connectivity index (χ1v) is 8.96. The fourth-order valence-electron chi connectivity index (χ4n) is 3.14. The molecule has 0 aliphatic heterocycles. The van der Waals surface area contributed by atoms with Crippen LogP contribution in [0.3, 0.4) is 0 Å². The minimum absolute atomic E-state index is 0.379. The summed E-state index contributed by atoms with van der Waals surface area (Å²) in [5, 5.41) is 5.00. The molecule has 0 bridgehead atoms. The molecule has 3 rings (SSSR count). The lowest BCUT2D eigenvalue weighted by atomic mass is 10.1. The van der Waals surface area contributed by atoms with Gasteiger partial charge in [-0.3, -0.25) is 4.79 Å². The Balaban J connectivity index is 1.71. The average Bonchev–Trinajstić information content (AvgIpc) is 2.97. The first kappa shape index (κ1) is 19.4. The quantitative estimate of drug-likeness (QED) is 0.402. The summed E-state index contributed by atoms with van der Waals surface area (Å²) < 4.78 is 10.9. The van der Waals surface area contributed by atoms with Gasteiger partial charge in [0.15, 0.2) is 6.10 Å². The number of rotatable bonds is 5. The van der Waals surface area contributed by atoms with Crippen molar-refractivity contribution in [2.45, 2.75) is 40.7 Å². The van der Waals surface area contributed by atoms with E-state index in [1.165, 1.54) is 6.07 Å². The zero-order chi connectivity index (χ0) is 20.4. The van der Waals surface area contributed by atoms with Crippen LogP contribution < -0.4 is 15.8 Å². The molecule has 28 heavy (non-hydrogen) atoms. The molecule has 3 aromatic rings. The number of fused-ring (bicyclic) bond motifs is 1. The molecule has 2 aromatic heterocycles. The topological polar surface area (TPSA) is 96.7 Å². The highest BCUT2D eigenvalue weighted by Crippen LogP contribution is 2.23. The molecule has 0 aliphatic rings. The number of amides is 1. The summed E-state index contributed by atoms with van der Waals surface area (Å²) in [6.07, 6.45) is 1.12. The summed E-state index contributed by atoms with van der Waals surface area (Å²) in [7, 11) is 0. The lowest BCUT2D eigenvalue weighted by molar-refractivity contribution is -0.127. The summed E-state index contributed by atoms with van der Waals surface area (Å²) in [5.74, 6) is 0.0536. The maximum Gasteiger partial charge on any atom is 0.336 e. The van der Waals surface area contributed by atoms with Crippen molar-refractivity contribution in [2.24, 2.45) is 5.10 Å². The largest absolute Gasteiger partial charge is 0.481 e. The van der Waals surface area contributed by atoms with Gasteiger partial charge in [-0.05, 0) is 57.9 Å². The van der Waals surface area contributed by atoms with Crippen LogP contribution in [0.15, 0.2) is 44.8 Å². The van der Waals surface area contributed by atoms with Gasteiger partial charge in [0.2, 0.25) is 0 Å². The number of hydrogen-bond donors (Lipinski definition) is 2. The van der Waals surface area contributed by atoms with Crippen molar-refractivity contribution in [3.05, 3.63) is 63.3 Å². The standard InChI is InChI=1S/C21H23N3O4/c1-11-8-19(25)28-18-9-16(6-7-17(11)18)27-15(5)21(26)24-23-14(4)20-12(2)10-22-13(20)3/h6-10,15,22H,1-5H3,(H,24,26)/b23-14+/t15-/m1/s1. The van der Waals surface area contributed by atoms with Crippen LogP contribution in [0.2, 0.25) is 0 Å². The first-order valence-electron chi connectivity index (χ1n) is 8.96. The number of aromatic nitrogens is 1. The molecular weight excluding hydrogens is 358 g/mol. The molecule has 7 heteroatoms. The molecule has 0 radical (unpaired) electrons. The second-order valence-corrected chi connectivity index (χ2v) is 6.81. The molecule has 1 amide bonds. The summed E-state index contributed by atoms with van der Waals surface area (Å²) in [5.41, 5.74) is 7.10. The van der Waals surface area contributed by atoms with Gasteiger partial charge in [0.1, 0.15) is 11.3 Å². The number of hydrazone groups is 1. The van der Waals surface area contributed by atoms with Gasteiger partial charge in [0.05, 0.1) is 5.71 Å². The van der Waals surface area contributed by atoms with E-state index in [1.807, 2.05) is 33.9 Å². The number of aromatic amines is 1. The molecule has 0 spiro atoms. The van der Waals surface area contributed by atoms with E-state index in [0.29, 0.717) is 17.0 Å². The van der Waals surface area contributed by atoms with Crippen molar-refractivity contribution in [1.82, 2.24) is 10.4 Å². The normalized spacial score (nSPS) is 12.8. The van der Waals surface area contributed by atoms with Crippen molar-refractivity contribution in [1.29, 1.82) is 0 Å². The Kier molecular flexibility index (Phi) is 5.35. The molecular formula is C21H23N3O4. The van der Waals surface area contributed by atoms with Gasteiger partial charge in [-0.1, -0.05) is 0 Å². The molecule has 7 nitrogen and oxygen atoms in total. The predicted octanol–water partition coefficient (Wildman–Crippen LogP) is 3.35. The first-order chi connectivity index (χ1) is 13.3. The third kappa shape index (κ3) is 3.98. The number of ether oxygens (including phenoxy) is 1. The van der Waals surface area contributed by atoms with Crippen molar-refractivity contribution >= 4 is 22.6 Å². The van der Waals surface area contributed by atoms with Gasteiger partial charge in [-0.15, -0.1) is 0 Å². The van der Waals surface area contributed by atoms with E-state index in [1.54, 1.807) is 25.1 Å². The maximum atomic E-state index is 12.3. The van der Waals surface area contributed by atoms with E-state index in [9.17, 15) is 9.59 Å². The van der Waals surface area contributed by atoms with Gasteiger partial charge in [-0.2, -0.15) is 5.10 Å². The highest BCUT2D eigenvalue weighted by molar-refractivity contribution is 6.01. The van der Waals surface area contributed by atoms with Crippen molar-refractivity contribution in [3.8, 4) is 5.75 Å². The zero-order valence-electron chi connectivity index (χ0n) is 16.5. The Labute approximate surface area is 162 Å². The molecule has 2 N–H and O–H groups in total. The van der Waals surface area contributed by atoms with Crippen molar-refractivity contribution in [2.75, 3.05) is 0 Å². The Bertz CT molecular complexity index is 1100. The van der Waals surface area contributed by atoms with E-state index in [2.05, 4.69) is 15.5 Å². The highest BCUT2D eigenvalue weighted by Gasteiger charge is 2.16. The summed E-state index contributed by atoms with van der Waals surface area (Å²) >= 11 is 0. The Morgan fingerprint density at radius 3 is 2.64 bits per heavy atom. The predicted molar refractivity (Wildman–Crippen MR) is 108 cm³/mol. The van der Waals surface area contributed by atoms with Gasteiger partial charge >= 0.3 is 5.63 Å². The molecule has 0 saturated heterocycles. The Hall–Kier alpha value is -3.35. The molecule has 1 aromatic carbocycles. The lowest BCUT2D eigenvalue weighted by Gasteiger charge is -2.14. The molecule has 0 unspecified atom stereocenters. The number of nitrogens with one attached hydrogen (secondary N) is 2. The number of H-pyrrole nitrogens is 1. The molecule has 2 heterocycles. The van der Waals surface area contributed by atoms with Crippen LogP contribution >= 0.6 is 0 Å². The van der Waals surface area contributed by atoms with E-state index < -0.39 is 11.7 Å². The van der Waals surface area contributed by atoms with E-state index >= 15 is 0 Å². The van der Waals surface area contributed by atoms with Gasteiger partial charge in [0.25, 0.3) is 5.91 Å². The number of benzene rings is 1. The van der Waals surface area contributed by atoms with Crippen molar-refractivity contribution in [3.63, 3.8) is 0 Å². The molecule has 1 atom stereocenters. The monoisotopic (exact) mass is 381 g/mol. The van der Waals surface area contributed by atoms with Crippen LogP contribution in [-0.4, -0.2) is 22.7 Å². The highest BCUT2D eigenvalue weighted by atomic mass is 16.5. The molecule has 0 saturated carbocycles. The van der Waals surface area contributed by atoms with Crippen LogP contribution in [-0.2, 0) is 4.79 Å². The number of hydrogen-bond acceptors (Lipinski definition) is 5. The SMILES string of the molecule is C/C(=N\NC(=O)[C@@H](C)Oc1ccc2c(C)cc(=O)oc2c1)c1c(C)c[nH]c1C. The van der Waals surface area contributed by atoms with Crippen LogP contribution in [0, 0.1) is 20.8 Å². The van der Waals surface area contributed by atoms with Crippen LogP contribution in [0.5, 0.6) is 5.75 Å². The summed E-state index contributed by atoms with van der Waals surface area (Å²) in [6, 6.07) is 6.58. The maximum absolute atomic E-state index is 12.3. The number of aryl methyl sites for hydroxylation is 3. The van der Waals surface area contributed by atoms with Crippen molar-refractivity contribution < 1.29 is 13.9 Å². The zero-order valence-corrected chi connectivity index (χ0v) is 16.5. The molecule has 0 aliphatic carbocycles. The summed E-state index contributed by atoms with van der Waals surface area (Å²) in [4.78, 5) is 27.0. The second-order valence-electron chi connectivity index (χ2n) is 6.81. The minimum atomic E-state index is -0.779. The number of carbonyl (C=O) groups is 1. The summed E-state index contributed by atoms with van der Waals surface area (Å²) in [6.45, 7) is 9.23. The fraction of sp³-hybridized carbons (Fsp3) is 0.286.